The molecule has 1 heterocycles. The molecule has 2 amide bonds. The number of nitrogens with zero attached hydrogens (tertiary/aromatic N) is 1. The van der Waals surface area contributed by atoms with Crippen molar-refractivity contribution in [1.29, 1.82) is 0 Å². The molecule has 0 spiro atoms. The van der Waals surface area contributed by atoms with Crippen molar-refractivity contribution in [2.24, 2.45) is 0 Å². The van der Waals surface area contributed by atoms with Crippen LogP contribution in [0.1, 0.15) is 25.9 Å². The van der Waals surface area contributed by atoms with Crippen molar-refractivity contribution in [2.75, 3.05) is 13.6 Å². The average molecular weight is 324 g/mol. The van der Waals surface area contributed by atoms with E-state index in [4.69, 9.17) is 11.6 Å². The first-order valence-electron chi connectivity index (χ1n) is 6.30. The molecule has 2 rings (SSSR count). The van der Waals surface area contributed by atoms with Crippen LogP contribution in [0.3, 0.4) is 0 Å². The molecule has 21 heavy (non-hydrogen) atoms. The number of nitrogens with one attached hydrogen (secondary N) is 2. The molecule has 2 aromatic rings. The maximum absolute atomic E-state index is 11.9. The minimum Gasteiger partial charge on any atom is -0.353 e. The Morgan fingerprint density at radius 1 is 1.24 bits per heavy atom. The Balaban J connectivity index is 1.85. The minimum absolute atomic E-state index is 0.259. The van der Waals surface area contributed by atoms with Gasteiger partial charge >= 0.3 is 0 Å². The highest BCUT2D eigenvalue weighted by atomic mass is 35.5. The number of hydrogen-bond acceptors (Lipinski definition) is 4. The van der Waals surface area contributed by atoms with Gasteiger partial charge in [-0.25, -0.2) is 4.98 Å². The van der Waals surface area contributed by atoms with Crippen LogP contribution in [0.15, 0.2) is 29.6 Å². The Labute approximate surface area is 131 Å². The van der Waals surface area contributed by atoms with Crippen molar-refractivity contribution >= 4 is 34.8 Å². The lowest BCUT2D eigenvalue weighted by molar-refractivity contribution is 0.0949. The quantitative estimate of drug-likeness (QED) is 0.885. The smallest absolute Gasteiger partial charge is 0.280 e. The Hall–Kier alpha value is -1.92. The Bertz CT molecular complexity index is 640. The van der Waals surface area contributed by atoms with E-state index < -0.39 is 0 Å². The van der Waals surface area contributed by atoms with Crippen LogP contribution in [-0.2, 0) is 6.42 Å². The highest BCUT2D eigenvalue weighted by Gasteiger charge is 2.13. The van der Waals surface area contributed by atoms with Crippen LogP contribution >= 0.6 is 22.9 Å². The summed E-state index contributed by atoms with van der Waals surface area (Å²) in [6.07, 6.45) is 0.704. The number of rotatable bonds is 5. The van der Waals surface area contributed by atoms with Gasteiger partial charge in [0.25, 0.3) is 11.8 Å². The summed E-state index contributed by atoms with van der Waals surface area (Å²) in [4.78, 5) is 27.3. The number of carbonyl (C=O) groups is 2. The standard InChI is InChI=1S/C14H14ClN3O2S/c1-16-13(20)14-18-11(8-21-14)12(19)17-7-6-9-2-4-10(15)5-3-9/h2-5,8H,6-7H2,1H3,(H,16,20)(H,17,19). The summed E-state index contributed by atoms with van der Waals surface area (Å²) in [7, 11) is 1.52. The zero-order chi connectivity index (χ0) is 15.2. The molecule has 5 nitrogen and oxygen atoms in total. The molecule has 2 N–H and O–H groups in total. The van der Waals surface area contributed by atoms with Crippen LogP contribution in [0, 0.1) is 0 Å². The molecule has 1 aromatic carbocycles. The van der Waals surface area contributed by atoms with Crippen LogP contribution in [0.5, 0.6) is 0 Å². The van der Waals surface area contributed by atoms with Gasteiger partial charge in [-0.05, 0) is 24.1 Å². The van der Waals surface area contributed by atoms with E-state index in [1.807, 2.05) is 24.3 Å². The number of hydrogen-bond donors (Lipinski definition) is 2. The van der Waals surface area contributed by atoms with Gasteiger partial charge in [0.05, 0.1) is 0 Å². The van der Waals surface area contributed by atoms with Crippen molar-refractivity contribution in [3.8, 4) is 0 Å². The highest BCUT2D eigenvalue weighted by molar-refractivity contribution is 7.11. The molecule has 0 bridgehead atoms. The SMILES string of the molecule is CNC(=O)c1nc(C(=O)NCCc2ccc(Cl)cc2)cs1. The lowest BCUT2D eigenvalue weighted by Crippen LogP contribution is -2.26. The van der Waals surface area contributed by atoms with E-state index in [2.05, 4.69) is 15.6 Å². The molecule has 0 saturated heterocycles. The zero-order valence-electron chi connectivity index (χ0n) is 11.4. The summed E-state index contributed by atoms with van der Waals surface area (Å²) < 4.78 is 0. The predicted octanol–water partition coefficient (Wildman–Crippen LogP) is 2.13. The molecule has 110 valence electrons. The lowest BCUT2D eigenvalue weighted by atomic mass is 10.1. The van der Waals surface area contributed by atoms with E-state index in [9.17, 15) is 9.59 Å². The molecule has 7 heteroatoms. The largest absolute Gasteiger partial charge is 0.353 e. The maximum Gasteiger partial charge on any atom is 0.280 e. The Morgan fingerprint density at radius 3 is 2.62 bits per heavy atom. The monoisotopic (exact) mass is 323 g/mol. The van der Waals surface area contributed by atoms with Crippen molar-refractivity contribution in [2.45, 2.75) is 6.42 Å². The van der Waals surface area contributed by atoms with Crippen molar-refractivity contribution in [3.05, 3.63) is 50.9 Å². The Morgan fingerprint density at radius 2 is 1.95 bits per heavy atom. The summed E-state index contributed by atoms with van der Waals surface area (Å²) in [6, 6.07) is 7.46. The molecule has 0 atom stereocenters. The van der Waals surface area contributed by atoms with Crippen molar-refractivity contribution in [1.82, 2.24) is 15.6 Å². The van der Waals surface area contributed by atoms with Crippen LogP contribution in [-0.4, -0.2) is 30.4 Å². The van der Waals surface area contributed by atoms with Crippen molar-refractivity contribution < 1.29 is 9.59 Å². The van der Waals surface area contributed by atoms with E-state index in [1.54, 1.807) is 5.38 Å². The third-order valence-electron chi connectivity index (χ3n) is 2.77. The molecule has 0 saturated carbocycles. The zero-order valence-corrected chi connectivity index (χ0v) is 12.9. The fraction of sp³-hybridized carbons (Fsp3) is 0.214. The molecular formula is C14H14ClN3O2S. The number of benzene rings is 1. The number of aromatic nitrogens is 1. The van der Waals surface area contributed by atoms with Crippen LogP contribution in [0.2, 0.25) is 5.02 Å². The van der Waals surface area contributed by atoms with E-state index >= 15 is 0 Å². The Kier molecular flexibility index (Phi) is 5.30. The second kappa shape index (κ2) is 7.19. The highest BCUT2D eigenvalue weighted by Crippen LogP contribution is 2.11. The fourth-order valence-electron chi connectivity index (χ4n) is 1.65. The summed E-state index contributed by atoms with van der Waals surface area (Å²) in [6.45, 7) is 0.493. The molecular weight excluding hydrogens is 310 g/mol. The van der Waals surface area contributed by atoms with E-state index in [-0.39, 0.29) is 22.5 Å². The maximum atomic E-state index is 11.9. The van der Waals surface area contributed by atoms with Crippen LogP contribution < -0.4 is 10.6 Å². The fourth-order valence-corrected chi connectivity index (χ4v) is 2.52. The first-order chi connectivity index (χ1) is 10.1. The lowest BCUT2D eigenvalue weighted by Gasteiger charge is -2.03. The second-order valence-corrected chi connectivity index (χ2v) is 5.54. The summed E-state index contributed by atoms with van der Waals surface area (Å²) in [5.41, 5.74) is 1.35. The first kappa shape index (κ1) is 15.5. The topological polar surface area (TPSA) is 71.1 Å². The normalized spacial score (nSPS) is 10.2. The van der Waals surface area contributed by atoms with Gasteiger partial charge in [0.2, 0.25) is 0 Å². The number of thiazole rings is 1. The predicted molar refractivity (Wildman–Crippen MR) is 83.0 cm³/mol. The third-order valence-corrected chi connectivity index (χ3v) is 3.86. The average Bonchev–Trinajstić information content (AvgIpc) is 2.98. The molecule has 0 unspecified atom stereocenters. The summed E-state index contributed by atoms with van der Waals surface area (Å²) >= 11 is 6.95. The number of carbonyl (C=O) groups excluding carboxylic acids is 2. The molecule has 0 aliphatic rings. The molecule has 0 radical (unpaired) electrons. The summed E-state index contributed by atoms with van der Waals surface area (Å²) in [5, 5.41) is 7.78. The number of amides is 2. The minimum atomic E-state index is -0.291. The van der Waals surface area contributed by atoms with Gasteiger partial charge in [-0.2, -0.15) is 0 Å². The second-order valence-electron chi connectivity index (χ2n) is 4.25. The van der Waals surface area contributed by atoms with Gasteiger partial charge in [-0.15, -0.1) is 11.3 Å². The molecule has 0 aliphatic heterocycles. The van der Waals surface area contributed by atoms with Gasteiger partial charge in [0.15, 0.2) is 5.01 Å². The third kappa shape index (κ3) is 4.27. The van der Waals surface area contributed by atoms with E-state index in [1.165, 1.54) is 7.05 Å². The first-order valence-corrected chi connectivity index (χ1v) is 7.56. The van der Waals surface area contributed by atoms with E-state index in [0.717, 1.165) is 16.9 Å². The molecule has 0 fully saturated rings. The van der Waals surface area contributed by atoms with Crippen LogP contribution in [0.4, 0.5) is 0 Å². The molecule has 0 aliphatic carbocycles. The van der Waals surface area contributed by atoms with Gasteiger partial charge in [-0.3, -0.25) is 9.59 Å². The van der Waals surface area contributed by atoms with E-state index in [0.29, 0.717) is 18.0 Å². The van der Waals surface area contributed by atoms with Crippen LogP contribution in [0.25, 0.3) is 0 Å². The van der Waals surface area contributed by atoms with Gasteiger partial charge in [0.1, 0.15) is 5.69 Å². The molecule has 1 aromatic heterocycles. The van der Waals surface area contributed by atoms with Gasteiger partial charge in [-0.1, -0.05) is 23.7 Å². The van der Waals surface area contributed by atoms with Crippen molar-refractivity contribution in [3.63, 3.8) is 0 Å². The summed E-state index contributed by atoms with van der Waals surface area (Å²) in [5.74, 6) is -0.574. The van der Waals surface area contributed by atoms with Gasteiger partial charge in [0, 0.05) is 24.0 Å². The number of halogens is 1. The van der Waals surface area contributed by atoms with Gasteiger partial charge < -0.3 is 10.6 Å².